The summed E-state index contributed by atoms with van der Waals surface area (Å²) in [5.41, 5.74) is 2.56. The van der Waals surface area contributed by atoms with Gasteiger partial charge < -0.3 is 14.8 Å². The lowest BCUT2D eigenvalue weighted by atomic mass is 10.1. The third-order valence-corrected chi connectivity index (χ3v) is 4.72. The van der Waals surface area contributed by atoms with Gasteiger partial charge in [0.25, 0.3) is 5.91 Å². The van der Waals surface area contributed by atoms with Gasteiger partial charge in [-0.2, -0.15) is 0 Å². The molecule has 0 spiro atoms. The van der Waals surface area contributed by atoms with E-state index < -0.39 is 11.9 Å². The molecule has 0 saturated carbocycles. The zero-order valence-electron chi connectivity index (χ0n) is 16.0. The summed E-state index contributed by atoms with van der Waals surface area (Å²) in [5, 5.41) is 12.4. The lowest BCUT2D eigenvalue weighted by Crippen LogP contribution is -2.14. The van der Waals surface area contributed by atoms with Gasteiger partial charge in [0, 0.05) is 17.2 Å². The van der Waals surface area contributed by atoms with E-state index in [-0.39, 0.29) is 16.7 Å². The lowest BCUT2D eigenvalue weighted by molar-refractivity contribution is 0.0698. The molecule has 0 saturated heterocycles. The molecule has 30 heavy (non-hydrogen) atoms. The fraction of sp³-hybridized carbons (Fsp3) is 0.0417. The van der Waals surface area contributed by atoms with E-state index in [4.69, 9.17) is 4.42 Å². The van der Waals surface area contributed by atoms with Crippen LogP contribution in [0.4, 0.5) is 5.69 Å². The van der Waals surface area contributed by atoms with Gasteiger partial charge in [-0.15, -0.1) is 0 Å². The van der Waals surface area contributed by atoms with Crippen LogP contribution in [0.25, 0.3) is 22.3 Å². The number of carbonyl (C=O) groups excluding carboxylic acids is 1. The summed E-state index contributed by atoms with van der Waals surface area (Å²) in [7, 11) is 0. The zero-order chi connectivity index (χ0) is 21.3. The number of anilines is 1. The van der Waals surface area contributed by atoms with E-state index >= 15 is 0 Å². The van der Waals surface area contributed by atoms with Gasteiger partial charge in [0.15, 0.2) is 5.43 Å². The molecule has 6 heteroatoms. The number of amides is 1. The van der Waals surface area contributed by atoms with Crippen LogP contribution in [0.3, 0.4) is 0 Å². The Bertz CT molecular complexity index is 1340. The summed E-state index contributed by atoms with van der Waals surface area (Å²) in [4.78, 5) is 36.2. The van der Waals surface area contributed by atoms with E-state index in [2.05, 4.69) is 5.32 Å². The molecule has 2 N–H and O–H groups in total. The SMILES string of the molecule is Cc1ccc2oc(-c3ccc(C(=O)Nc4ccccc4C(=O)O)cc3)cc(=O)c2c1. The number of para-hydroxylation sites is 1. The maximum absolute atomic E-state index is 12.5. The number of aromatic carboxylic acids is 1. The summed E-state index contributed by atoms with van der Waals surface area (Å²) >= 11 is 0. The van der Waals surface area contributed by atoms with Crippen molar-refractivity contribution in [3.8, 4) is 11.3 Å². The number of aryl methyl sites for hydroxylation is 1. The molecule has 0 aliphatic rings. The summed E-state index contributed by atoms with van der Waals surface area (Å²) in [6.07, 6.45) is 0. The number of hydrogen-bond acceptors (Lipinski definition) is 4. The summed E-state index contributed by atoms with van der Waals surface area (Å²) in [6, 6.07) is 19.6. The number of benzene rings is 3. The molecular weight excluding hydrogens is 382 g/mol. The molecule has 6 nitrogen and oxygen atoms in total. The molecule has 0 unspecified atom stereocenters. The van der Waals surface area contributed by atoms with Crippen LogP contribution < -0.4 is 10.7 Å². The molecule has 1 amide bonds. The predicted octanol–water partition coefficient (Wildman–Crippen LogP) is 4.72. The molecule has 4 aromatic rings. The average Bonchev–Trinajstić information content (AvgIpc) is 2.74. The van der Waals surface area contributed by atoms with Crippen molar-refractivity contribution >= 4 is 28.5 Å². The van der Waals surface area contributed by atoms with Gasteiger partial charge in [0.1, 0.15) is 11.3 Å². The van der Waals surface area contributed by atoms with Crippen molar-refractivity contribution in [3.63, 3.8) is 0 Å². The van der Waals surface area contributed by atoms with E-state index in [1.165, 1.54) is 18.2 Å². The van der Waals surface area contributed by atoms with Crippen LogP contribution in [0, 0.1) is 6.92 Å². The zero-order valence-corrected chi connectivity index (χ0v) is 16.0. The van der Waals surface area contributed by atoms with Crippen molar-refractivity contribution in [1.29, 1.82) is 0 Å². The number of carboxylic acid groups (broad SMARTS) is 1. The molecule has 0 aliphatic heterocycles. The summed E-state index contributed by atoms with van der Waals surface area (Å²) in [6.45, 7) is 1.91. The van der Waals surface area contributed by atoms with Crippen LogP contribution in [-0.4, -0.2) is 17.0 Å². The first-order chi connectivity index (χ1) is 14.4. The fourth-order valence-corrected chi connectivity index (χ4v) is 3.17. The van der Waals surface area contributed by atoms with Crippen LogP contribution in [0.1, 0.15) is 26.3 Å². The van der Waals surface area contributed by atoms with E-state index in [9.17, 15) is 19.5 Å². The van der Waals surface area contributed by atoms with Crippen LogP contribution >= 0.6 is 0 Å². The highest BCUT2D eigenvalue weighted by Gasteiger charge is 2.14. The first-order valence-corrected chi connectivity index (χ1v) is 9.21. The second-order valence-corrected chi connectivity index (χ2v) is 6.86. The van der Waals surface area contributed by atoms with Crippen LogP contribution in [0.15, 0.2) is 82.0 Å². The van der Waals surface area contributed by atoms with Crippen LogP contribution in [-0.2, 0) is 0 Å². The standard InChI is InChI=1S/C24H17NO5/c1-14-6-11-21-18(12-14)20(26)13-22(30-21)15-7-9-16(10-8-15)23(27)25-19-5-3-2-4-17(19)24(28)29/h2-13H,1H3,(H,25,27)(H,28,29). The minimum absolute atomic E-state index is 0.00986. The van der Waals surface area contributed by atoms with Gasteiger partial charge in [-0.3, -0.25) is 9.59 Å². The highest BCUT2D eigenvalue weighted by Crippen LogP contribution is 2.24. The summed E-state index contributed by atoms with van der Waals surface area (Å²) in [5.74, 6) is -1.16. The number of fused-ring (bicyclic) bond motifs is 1. The third kappa shape index (κ3) is 3.71. The molecule has 3 aromatic carbocycles. The Labute approximate surface area is 171 Å². The van der Waals surface area contributed by atoms with Gasteiger partial charge in [-0.25, -0.2) is 4.79 Å². The van der Waals surface area contributed by atoms with Crippen LogP contribution in [0.5, 0.6) is 0 Å². The number of carboxylic acids is 1. The van der Waals surface area contributed by atoms with Gasteiger partial charge in [0.05, 0.1) is 16.6 Å². The summed E-state index contributed by atoms with van der Waals surface area (Å²) < 4.78 is 5.86. The Kier molecular flexibility index (Phi) is 4.90. The molecule has 0 aliphatic carbocycles. The van der Waals surface area contributed by atoms with Crippen molar-refractivity contribution in [2.45, 2.75) is 6.92 Å². The van der Waals surface area contributed by atoms with Crippen molar-refractivity contribution in [2.24, 2.45) is 0 Å². The second kappa shape index (κ2) is 7.67. The Morgan fingerprint density at radius 3 is 2.40 bits per heavy atom. The Morgan fingerprint density at radius 2 is 1.67 bits per heavy atom. The maximum atomic E-state index is 12.5. The fourth-order valence-electron chi connectivity index (χ4n) is 3.17. The number of carbonyl (C=O) groups is 2. The minimum Gasteiger partial charge on any atom is -0.478 e. The number of nitrogens with one attached hydrogen (secondary N) is 1. The second-order valence-electron chi connectivity index (χ2n) is 6.86. The largest absolute Gasteiger partial charge is 0.478 e. The van der Waals surface area contributed by atoms with Crippen LogP contribution in [0.2, 0.25) is 0 Å². The maximum Gasteiger partial charge on any atom is 0.337 e. The molecular formula is C24H17NO5. The van der Waals surface area contributed by atoms with E-state index in [1.54, 1.807) is 48.5 Å². The molecule has 0 fully saturated rings. The highest BCUT2D eigenvalue weighted by molar-refractivity contribution is 6.07. The first kappa shape index (κ1) is 19.1. The van der Waals surface area contributed by atoms with E-state index in [1.807, 2.05) is 13.0 Å². The van der Waals surface area contributed by atoms with Crippen molar-refractivity contribution in [2.75, 3.05) is 5.32 Å². The molecule has 0 atom stereocenters. The monoisotopic (exact) mass is 399 g/mol. The normalized spacial score (nSPS) is 10.7. The van der Waals surface area contributed by atoms with Gasteiger partial charge in [-0.05, 0) is 43.3 Å². The number of rotatable bonds is 4. The third-order valence-electron chi connectivity index (χ3n) is 4.72. The molecule has 1 heterocycles. The first-order valence-electron chi connectivity index (χ1n) is 9.21. The van der Waals surface area contributed by atoms with Gasteiger partial charge >= 0.3 is 5.97 Å². The molecule has 4 rings (SSSR count). The Balaban J connectivity index is 1.61. The highest BCUT2D eigenvalue weighted by atomic mass is 16.4. The van der Waals surface area contributed by atoms with Gasteiger partial charge in [0.2, 0.25) is 0 Å². The Morgan fingerprint density at radius 1 is 0.933 bits per heavy atom. The lowest BCUT2D eigenvalue weighted by Gasteiger charge is -2.09. The van der Waals surface area contributed by atoms with Gasteiger partial charge in [-0.1, -0.05) is 35.9 Å². The van der Waals surface area contributed by atoms with Crippen molar-refractivity contribution < 1.29 is 19.1 Å². The predicted molar refractivity (Wildman–Crippen MR) is 114 cm³/mol. The van der Waals surface area contributed by atoms with E-state index in [0.717, 1.165) is 5.56 Å². The van der Waals surface area contributed by atoms with Crippen molar-refractivity contribution in [3.05, 3.63) is 99.7 Å². The molecule has 1 aromatic heterocycles. The smallest absolute Gasteiger partial charge is 0.337 e. The Hall–Kier alpha value is -4.19. The van der Waals surface area contributed by atoms with Crippen molar-refractivity contribution in [1.82, 2.24) is 0 Å². The quantitative estimate of drug-likeness (QED) is 0.518. The topological polar surface area (TPSA) is 96.6 Å². The minimum atomic E-state index is -1.12. The average molecular weight is 399 g/mol. The molecule has 0 bridgehead atoms. The molecule has 0 radical (unpaired) electrons. The van der Waals surface area contributed by atoms with E-state index in [0.29, 0.717) is 27.9 Å². The molecule has 148 valence electrons. The number of hydrogen-bond donors (Lipinski definition) is 2.